The van der Waals surface area contributed by atoms with Crippen LogP contribution >= 0.6 is 22.6 Å². The van der Waals surface area contributed by atoms with Crippen molar-refractivity contribution >= 4 is 22.6 Å². The maximum absolute atomic E-state index is 5.76. The molecule has 0 aliphatic heterocycles. The largest absolute Gasteiger partial charge is 0.271 e. The van der Waals surface area contributed by atoms with Crippen LogP contribution in [0.4, 0.5) is 0 Å². The van der Waals surface area contributed by atoms with Gasteiger partial charge in [-0.2, -0.15) is 0 Å². The third-order valence-corrected chi connectivity index (χ3v) is 4.66. The zero-order valence-electron chi connectivity index (χ0n) is 10.3. The second-order valence-electron chi connectivity index (χ2n) is 5.22. The lowest BCUT2D eigenvalue weighted by atomic mass is 9.77. The van der Waals surface area contributed by atoms with Gasteiger partial charge in [-0.25, -0.2) is 0 Å². The molecule has 0 bridgehead atoms. The van der Waals surface area contributed by atoms with Gasteiger partial charge in [0.25, 0.3) is 0 Å². The number of halogens is 1. The molecule has 1 aliphatic rings. The predicted molar refractivity (Wildman–Crippen MR) is 80.3 cm³/mol. The van der Waals surface area contributed by atoms with Crippen LogP contribution < -0.4 is 11.3 Å². The fourth-order valence-corrected chi connectivity index (χ4v) is 3.15. The number of hydrazine groups is 1. The zero-order valence-corrected chi connectivity index (χ0v) is 12.5. The minimum atomic E-state index is 0.319. The van der Waals surface area contributed by atoms with E-state index in [1.54, 1.807) is 0 Å². The quantitative estimate of drug-likeness (QED) is 0.499. The topological polar surface area (TPSA) is 38.0 Å². The highest BCUT2D eigenvalue weighted by Gasteiger charge is 2.26. The molecule has 2 rings (SSSR count). The monoisotopic (exact) mass is 344 g/mol. The molecular formula is C14H21IN2. The molecular weight excluding hydrogens is 323 g/mol. The number of hydrogen-bond donors (Lipinski definition) is 2. The molecule has 1 aromatic rings. The Labute approximate surface area is 117 Å². The van der Waals surface area contributed by atoms with Crippen LogP contribution in [0.25, 0.3) is 0 Å². The van der Waals surface area contributed by atoms with Gasteiger partial charge in [-0.05, 0) is 65.0 Å². The average molecular weight is 344 g/mol. The summed E-state index contributed by atoms with van der Waals surface area (Å²) in [6.45, 7) is 2.35. The third-order valence-electron chi connectivity index (χ3n) is 3.94. The number of rotatable bonds is 3. The minimum Gasteiger partial charge on any atom is -0.271 e. The van der Waals surface area contributed by atoms with E-state index in [-0.39, 0.29) is 0 Å². The van der Waals surface area contributed by atoms with E-state index in [2.05, 4.69) is 59.2 Å². The molecule has 94 valence electrons. The van der Waals surface area contributed by atoms with Crippen LogP contribution in [-0.2, 0) is 0 Å². The summed E-state index contributed by atoms with van der Waals surface area (Å²) < 4.78 is 1.28. The molecule has 0 saturated heterocycles. The lowest BCUT2D eigenvalue weighted by Gasteiger charge is -2.32. The summed E-state index contributed by atoms with van der Waals surface area (Å²) >= 11 is 2.34. The summed E-state index contributed by atoms with van der Waals surface area (Å²) in [6.07, 6.45) is 5.27. The van der Waals surface area contributed by atoms with Crippen LogP contribution in [0.1, 0.15) is 44.2 Å². The van der Waals surface area contributed by atoms with E-state index >= 15 is 0 Å². The lowest BCUT2D eigenvalue weighted by molar-refractivity contribution is 0.232. The maximum Gasteiger partial charge on any atom is 0.0488 e. The Morgan fingerprint density at radius 1 is 1.18 bits per heavy atom. The lowest BCUT2D eigenvalue weighted by Crippen LogP contribution is -2.35. The normalized spacial score (nSPS) is 26.8. The van der Waals surface area contributed by atoms with Crippen LogP contribution in [0.15, 0.2) is 24.3 Å². The third kappa shape index (κ3) is 3.42. The van der Waals surface area contributed by atoms with E-state index in [4.69, 9.17) is 5.84 Å². The van der Waals surface area contributed by atoms with E-state index in [0.717, 1.165) is 5.92 Å². The molecule has 2 nitrogen and oxygen atoms in total. The van der Waals surface area contributed by atoms with Gasteiger partial charge in [0, 0.05) is 9.61 Å². The molecule has 0 radical (unpaired) electrons. The first-order valence-electron chi connectivity index (χ1n) is 6.42. The van der Waals surface area contributed by atoms with Crippen molar-refractivity contribution in [2.24, 2.45) is 17.7 Å². The van der Waals surface area contributed by atoms with Gasteiger partial charge in [-0.1, -0.05) is 31.9 Å². The first-order chi connectivity index (χ1) is 8.20. The highest BCUT2D eigenvalue weighted by molar-refractivity contribution is 14.1. The van der Waals surface area contributed by atoms with E-state index in [1.807, 2.05) is 0 Å². The summed E-state index contributed by atoms with van der Waals surface area (Å²) in [5.74, 6) is 7.34. The zero-order chi connectivity index (χ0) is 12.3. The Hall–Kier alpha value is -0.130. The molecule has 17 heavy (non-hydrogen) atoms. The Bertz CT molecular complexity index is 342. The first kappa shape index (κ1) is 13.3. The molecule has 1 saturated carbocycles. The standard InChI is InChI=1S/C14H21IN2/c1-10-2-4-11(5-3-10)14(17-16)12-6-8-13(15)9-7-12/h6-11,14,17H,2-5,16H2,1H3. The summed E-state index contributed by atoms with van der Waals surface area (Å²) in [5.41, 5.74) is 4.35. The summed E-state index contributed by atoms with van der Waals surface area (Å²) in [7, 11) is 0. The molecule has 1 atom stereocenters. The Morgan fingerprint density at radius 2 is 1.76 bits per heavy atom. The van der Waals surface area contributed by atoms with Crippen molar-refractivity contribution in [3.8, 4) is 0 Å². The van der Waals surface area contributed by atoms with Crippen molar-refractivity contribution in [1.82, 2.24) is 5.43 Å². The van der Waals surface area contributed by atoms with Crippen LogP contribution in [0, 0.1) is 15.4 Å². The van der Waals surface area contributed by atoms with Crippen molar-refractivity contribution in [2.45, 2.75) is 38.6 Å². The number of nitrogens with one attached hydrogen (secondary N) is 1. The summed E-state index contributed by atoms with van der Waals surface area (Å²) in [6, 6.07) is 9.03. The number of hydrogen-bond acceptors (Lipinski definition) is 2. The van der Waals surface area contributed by atoms with Crippen molar-refractivity contribution in [2.75, 3.05) is 0 Å². The van der Waals surface area contributed by atoms with Crippen molar-refractivity contribution in [1.29, 1.82) is 0 Å². The van der Waals surface area contributed by atoms with E-state index < -0.39 is 0 Å². The van der Waals surface area contributed by atoms with Gasteiger partial charge >= 0.3 is 0 Å². The van der Waals surface area contributed by atoms with Gasteiger partial charge in [-0.15, -0.1) is 0 Å². The molecule has 3 N–H and O–H groups in total. The molecule has 0 aromatic heterocycles. The molecule has 1 aliphatic carbocycles. The predicted octanol–water partition coefficient (Wildman–Crippen LogP) is 3.62. The van der Waals surface area contributed by atoms with Gasteiger partial charge < -0.3 is 0 Å². The Morgan fingerprint density at radius 3 is 2.29 bits per heavy atom. The smallest absolute Gasteiger partial charge is 0.0488 e. The molecule has 0 amide bonds. The van der Waals surface area contributed by atoms with Crippen LogP contribution in [0.3, 0.4) is 0 Å². The fourth-order valence-electron chi connectivity index (χ4n) is 2.79. The number of nitrogens with two attached hydrogens (primary N) is 1. The second-order valence-corrected chi connectivity index (χ2v) is 6.46. The van der Waals surface area contributed by atoms with Crippen molar-refractivity contribution in [3.63, 3.8) is 0 Å². The van der Waals surface area contributed by atoms with Gasteiger partial charge in [0.15, 0.2) is 0 Å². The Kier molecular flexibility index (Phi) is 4.82. The van der Waals surface area contributed by atoms with Crippen molar-refractivity contribution < 1.29 is 0 Å². The average Bonchev–Trinajstić information content (AvgIpc) is 2.35. The highest BCUT2D eigenvalue weighted by atomic mass is 127. The van der Waals surface area contributed by atoms with Gasteiger partial charge in [0.2, 0.25) is 0 Å². The highest BCUT2D eigenvalue weighted by Crippen LogP contribution is 2.36. The number of benzene rings is 1. The first-order valence-corrected chi connectivity index (χ1v) is 7.50. The molecule has 1 unspecified atom stereocenters. The molecule has 3 heteroatoms. The maximum atomic E-state index is 5.76. The van der Waals surface area contributed by atoms with E-state index in [1.165, 1.54) is 34.8 Å². The van der Waals surface area contributed by atoms with Crippen LogP contribution in [0.5, 0.6) is 0 Å². The molecule has 1 aromatic carbocycles. The minimum absolute atomic E-state index is 0.319. The van der Waals surface area contributed by atoms with Crippen LogP contribution in [-0.4, -0.2) is 0 Å². The Balaban J connectivity index is 2.08. The van der Waals surface area contributed by atoms with Crippen molar-refractivity contribution in [3.05, 3.63) is 33.4 Å². The molecule has 0 spiro atoms. The summed E-state index contributed by atoms with van der Waals surface area (Å²) in [4.78, 5) is 0. The SMILES string of the molecule is CC1CCC(C(NN)c2ccc(I)cc2)CC1. The summed E-state index contributed by atoms with van der Waals surface area (Å²) in [5, 5.41) is 0. The van der Waals surface area contributed by atoms with Gasteiger partial charge in [-0.3, -0.25) is 11.3 Å². The molecule has 1 fully saturated rings. The van der Waals surface area contributed by atoms with Gasteiger partial charge in [0.05, 0.1) is 0 Å². The van der Waals surface area contributed by atoms with Gasteiger partial charge in [0.1, 0.15) is 0 Å². The van der Waals surface area contributed by atoms with E-state index in [0.29, 0.717) is 12.0 Å². The molecule has 0 heterocycles. The van der Waals surface area contributed by atoms with Crippen LogP contribution in [0.2, 0.25) is 0 Å². The van der Waals surface area contributed by atoms with E-state index in [9.17, 15) is 0 Å². The fraction of sp³-hybridized carbons (Fsp3) is 0.571. The second kappa shape index (κ2) is 6.16.